The Kier molecular flexibility index (Phi) is 6.67. The van der Waals surface area contributed by atoms with Crippen molar-refractivity contribution in [1.29, 1.82) is 0 Å². The lowest BCUT2D eigenvalue weighted by molar-refractivity contribution is 0.0703. The van der Waals surface area contributed by atoms with Crippen LogP contribution in [0.1, 0.15) is 42.0 Å². The fourth-order valence-corrected chi connectivity index (χ4v) is 6.57. The van der Waals surface area contributed by atoms with E-state index in [-0.39, 0.29) is 24.2 Å². The quantitative estimate of drug-likeness (QED) is 0.434. The van der Waals surface area contributed by atoms with Crippen LogP contribution in [-0.4, -0.2) is 82.8 Å². The first kappa shape index (κ1) is 26.0. The molecule has 3 N–H and O–H groups in total. The highest BCUT2D eigenvalue weighted by Crippen LogP contribution is 2.42. The first-order valence-corrected chi connectivity index (χ1v) is 14.7. The van der Waals surface area contributed by atoms with E-state index >= 15 is 0 Å². The number of aryl methyl sites for hydroxylation is 1. The Morgan fingerprint density at radius 3 is 2.59 bits per heavy atom. The molecule has 1 atom stereocenters. The molecule has 2 amide bonds. The summed E-state index contributed by atoms with van der Waals surface area (Å²) in [4.78, 5) is 32.2. The Balaban J connectivity index is 1.15. The van der Waals surface area contributed by atoms with Crippen LogP contribution in [0.2, 0.25) is 0 Å². The summed E-state index contributed by atoms with van der Waals surface area (Å²) in [5.74, 6) is 1.11. The van der Waals surface area contributed by atoms with E-state index in [9.17, 15) is 9.90 Å². The van der Waals surface area contributed by atoms with Gasteiger partial charge in [-0.3, -0.25) is 4.90 Å². The minimum atomic E-state index is -0.382. The molecule has 0 bridgehead atoms. The predicted octanol–water partition coefficient (Wildman–Crippen LogP) is 4.10. The monoisotopic (exact) mass is 554 g/mol. The van der Waals surface area contributed by atoms with Gasteiger partial charge in [-0.1, -0.05) is 18.2 Å². The van der Waals surface area contributed by atoms with E-state index in [0.717, 1.165) is 61.6 Å². The number of anilines is 5. The summed E-state index contributed by atoms with van der Waals surface area (Å²) in [6, 6.07) is 14.5. The van der Waals surface area contributed by atoms with Gasteiger partial charge < -0.3 is 30.4 Å². The highest BCUT2D eigenvalue weighted by Gasteiger charge is 2.44. The maximum Gasteiger partial charge on any atom is 0.326 e. The van der Waals surface area contributed by atoms with Gasteiger partial charge in [0.2, 0.25) is 5.95 Å². The van der Waals surface area contributed by atoms with Crippen LogP contribution in [-0.2, 0) is 6.54 Å². The molecule has 41 heavy (non-hydrogen) atoms. The first-order valence-electron chi connectivity index (χ1n) is 14.7. The first-order chi connectivity index (χ1) is 19.9. The Morgan fingerprint density at radius 1 is 1.05 bits per heavy atom. The van der Waals surface area contributed by atoms with E-state index in [1.807, 2.05) is 16.0 Å². The third-order valence-electron chi connectivity index (χ3n) is 9.07. The molecule has 4 heterocycles. The molecule has 7 rings (SSSR count). The van der Waals surface area contributed by atoms with Crippen LogP contribution >= 0.6 is 0 Å². The summed E-state index contributed by atoms with van der Waals surface area (Å²) >= 11 is 0. The standard InChI is InChI=1S/C31H38N8O2/c1-20-4-3-5-26-27(10-11-32-28(20)26)38-19-21-18-33-30(35-29(21)39(31(38)41)24-16-25(40)17-24)34-22-6-8-23(9-7-22)37-14-12-36(2)13-15-37/h3-9,18,24-25,27,32,40H,10-17,19H2,1-2H3,(H,33,34,35)/t24?,25?,27-/m0/s1. The van der Waals surface area contributed by atoms with Crippen molar-refractivity contribution in [3.05, 3.63) is 65.4 Å². The normalized spacial score (nSPS) is 24.3. The second-order valence-electron chi connectivity index (χ2n) is 11.8. The second kappa shape index (κ2) is 10.5. The number of hydrogen-bond donors (Lipinski definition) is 3. The Morgan fingerprint density at radius 2 is 1.83 bits per heavy atom. The average Bonchev–Trinajstić information content (AvgIpc) is 2.97. The maximum absolute atomic E-state index is 14.2. The van der Waals surface area contributed by atoms with Crippen LogP contribution in [0.5, 0.6) is 0 Å². The Labute approximate surface area is 241 Å². The largest absolute Gasteiger partial charge is 0.393 e. The molecule has 10 heteroatoms. The van der Waals surface area contributed by atoms with E-state index in [1.54, 1.807) is 0 Å². The Hall–Kier alpha value is -3.89. The van der Waals surface area contributed by atoms with Gasteiger partial charge in [0, 0.05) is 67.6 Å². The molecule has 3 aromatic rings. The van der Waals surface area contributed by atoms with Crippen molar-refractivity contribution in [2.45, 2.75) is 50.9 Å². The second-order valence-corrected chi connectivity index (χ2v) is 11.8. The molecule has 1 saturated heterocycles. The molecule has 10 nitrogen and oxygen atoms in total. The summed E-state index contributed by atoms with van der Waals surface area (Å²) in [6.45, 7) is 7.56. The molecule has 2 aromatic carbocycles. The van der Waals surface area contributed by atoms with E-state index in [2.05, 4.69) is 81.9 Å². The van der Waals surface area contributed by atoms with Gasteiger partial charge in [0.25, 0.3) is 0 Å². The third-order valence-corrected chi connectivity index (χ3v) is 9.07. The van der Waals surface area contributed by atoms with Gasteiger partial charge in [0.1, 0.15) is 5.82 Å². The molecule has 214 valence electrons. The molecule has 0 unspecified atom stereocenters. The zero-order chi connectivity index (χ0) is 28.1. The summed E-state index contributed by atoms with van der Waals surface area (Å²) < 4.78 is 0. The average molecular weight is 555 g/mol. The molecule has 2 fully saturated rings. The van der Waals surface area contributed by atoms with Gasteiger partial charge in [0.05, 0.1) is 18.7 Å². The highest BCUT2D eigenvalue weighted by atomic mass is 16.3. The topological polar surface area (TPSA) is 100 Å². The number of carbonyl (C=O) groups is 1. The van der Waals surface area contributed by atoms with Gasteiger partial charge in [-0.2, -0.15) is 4.98 Å². The highest BCUT2D eigenvalue weighted by molar-refractivity contribution is 5.95. The molecule has 0 spiro atoms. The summed E-state index contributed by atoms with van der Waals surface area (Å²) in [5.41, 5.74) is 6.51. The fraction of sp³-hybridized carbons (Fsp3) is 0.452. The molecule has 3 aliphatic heterocycles. The van der Waals surface area contributed by atoms with E-state index in [1.165, 1.54) is 11.3 Å². The maximum atomic E-state index is 14.2. The predicted molar refractivity (Wildman–Crippen MR) is 161 cm³/mol. The van der Waals surface area contributed by atoms with Crippen LogP contribution in [0.3, 0.4) is 0 Å². The summed E-state index contributed by atoms with van der Waals surface area (Å²) in [6.07, 6.45) is 3.42. The number of fused-ring (bicyclic) bond motifs is 2. The van der Waals surface area contributed by atoms with E-state index in [0.29, 0.717) is 31.2 Å². The van der Waals surface area contributed by atoms with E-state index in [4.69, 9.17) is 4.98 Å². The van der Waals surface area contributed by atoms with Crippen molar-refractivity contribution in [1.82, 2.24) is 19.8 Å². The number of piperazine rings is 1. The zero-order valence-corrected chi connectivity index (χ0v) is 23.8. The van der Waals surface area contributed by atoms with Crippen molar-refractivity contribution >= 4 is 34.9 Å². The number of nitrogens with zero attached hydrogens (tertiary/aromatic N) is 6. The van der Waals surface area contributed by atoms with Gasteiger partial charge >= 0.3 is 6.03 Å². The van der Waals surface area contributed by atoms with Gasteiger partial charge in [0.15, 0.2) is 0 Å². The lowest BCUT2D eigenvalue weighted by atomic mass is 9.87. The van der Waals surface area contributed by atoms with Crippen LogP contribution in [0.15, 0.2) is 48.7 Å². The molecule has 1 aromatic heterocycles. The summed E-state index contributed by atoms with van der Waals surface area (Å²) in [5, 5.41) is 17.0. The number of amides is 2. The minimum Gasteiger partial charge on any atom is -0.393 e. The van der Waals surface area contributed by atoms with Crippen molar-refractivity contribution in [3.8, 4) is 0 Å². The third kappa shape index (κ3) is 4.85. The molecule has 1 aliphatic carbocycles. The van der Waals surface area contributed by atoms with Crippen molar-refractivity contribution in [2.75, 3.05) is 60.2 Å². The van der Waals surface area contributed by atoms with Crippen LogP contribution in [0.25, 0.3) is 0 Å². The minimum absolute atomic E-state index is 0.0316. The number of nitrogens with one attached hydrogen (secondary N) is 2. The number of urea groups is 1. The fourth-order valence-electron chi connectivity index (χ4n) is 6.57. The zero-order valence-electron chi connectivity index (χ0n) is 23.8. The number of rotatable bonds is 5. The van der Waals surface area contributed by atoms with E-state index < -0.39 is 0 Å². The van der Waals surface area contributed by atoms with Crippen LogP contribution in [0.4, 0.5) is 33.6 Å². The van der Waals surface area contributed by atoms with Gasteiger partial charge in [-0.15, -0.1) is 0 Å². The van der Waals surface area contributed by atoms with Crippen molar-refractivity contribution in [3.63, 3.8) is 0 Å². The van der Waals surface area contributed by atoms with Gasteiger partial charge in [-0.05, 0) is 68.6 Å². The number of para-hydroxylation sites is 1. The number of benzene rings is 2. The molecule has 0 radical (unpaired) electrons. The van der Waals surface area contributed by atoms with Crippen LogP contribution < -0.4 is 20.4 Å². The van der Waals surface area contributed by atoms with Gasteiger partial charge in [-0.25, -0.2) is 9.78 Å². The van der Waals surface area contributed by atoms with Crippen LogP contribution in [0, 0.1) is 6.92 Å². The SMILES string of the molecule is Cc1cccc2c1NCC[C@@H]2N1Cc2cnc(Nc3ccc(N4CCN(C)CC4)cc3)nc2N(C2CC(O)C2)C1=O. The smallest absolute Gasteiger partial charge is 0.326 e. The summed E-state index contributed by atoms with van der Waals surface area (Å²) in [7, 11) is 2.16. The van der Waals surface area contributed by atoms with Crippen molar-refractivity contribution in [2.24, 2.45) is 0 Å². The number of aliphatic hydroxyl groups excluding tert-OH is 1. The van der Waals surface area contributed by atoms with Crippen molar-refractivity contribution < 1.29 is 9.90 Å². The number of hydrogen-bond acceptors (Lipinski definition) is 8. The number of aromatic nitrogens is 2. The number of likely N-dealkylation sites (N-methyl/N-ethyl adjacent to an activating group) is 1. The molecular weight excluding hydrogens is 516 g/mol. The molecule has 1 saturated carbocycles. The molecular formula is C31H38N8O2. The lowest BCUT2D eigenvalue weighted by Crippen LogP contribution is -2.58. The number of carbonyl (C=O) groups excluding carboxylic acids is 1. The lowest BCUT2D eigenvalue weighted by Gasteiger charge is -2.47. The Bertz CT molecular complexity index is 1430. The molecule has 4 aliphatic rings. The number of aliphatic hydroxyl groups is 1.